The van der Waals surface area contributed by atoms with Gasteiger partial charge in [-0.2, -0.15) is 13.2 Å². The standard InChI is InChI=1S/C15H18F3N3O/c1-14(22,15(16,17)18)11-6-12(9-20-8-11)21-13-5-3-2-4-10(13)7-19/h6-9,19,21-22H,2-5H2,1H3. The van der Waals surface area contributed by atoms with E-state index < -0.39 is 11.8 Å². The van der Waals surface area contributed by atoms with E-state index in [-0.39, 0.29) is 5.56 Å². The lowest BCUT2D eigenvalue weighted by Crippen LogP contribution is -2.39. The molecule has 0 saturated carbocycles. The SMILES string of the molecule is CC(O)(c1cncc(NC2=C(C=N)CCCC2)c1)C(F)(F)F. The van der Waals surface area contributed by atoms with Gasteiger partial charge >= 0.3 is 6.18 Å². The molecular weight excluding hydrogens is 295 g/mol. The van der Waals surface area contributed by atoms with Crippen LogP contribution in [0.3, 0.4) is 0 Å². The van der Waals surface area contributed by atoms with Crippen molar-refractivity contribution < 1.29 is 18.3 Å². The summed E-state index contributed by atoms with van der Waals surface area (Å²) < 4.78 is 38.7. The zero-order chi connectivity index (χ0) is 16.4. The number of aliphatic hydroxyl groups is 1. The van der Waals surface area contributed by atoms with Crippen molar-refractivity contribution in [3.05, 3.63) is 35.3 Å². The van der Waals surface area contributed by atoms with Gasteiger partial charge in [0.2, 0.25) is 0 Å². The molecule has 0 spiro atoms. The van der Waals surface area contributed by atoms with E-state index in [9.17, 15) is 18.3 Å². The number of allylic oxidation sites excluding steroid dienone is 2. The van der Waals surface area contributed by atoms with Crippen molar-refractivity contribution in [3.8, 4) is 0 Å². The lowest BCUT2D eigenvalue weighted by atomic mass is 9.95. The van der Waals surface area contributed by atoms with Crippen LogP contribution in [0.25, 0.3) is 0 Å². The zero-order valence-corrected chi connectivity index (χ0v) is 12.2. The number of nitrogens with zero attached hydrogens (tertiary/aromatic N) is 1. The maximum absolute atomic E-state index is 12.9. The van der Waals surface area contributed by atoms with Crippen LogP contribution < -0.4 is 5.32 Å². The Morgan fingerprint density at radius 1 is 1.27 bits per heavy atom. The maximum Gasteiger partial charge on any atom is 0.421 e. The van der Waals surface area contributed by atoms with Gasteiger partial charge in [-0.15, -0.1) is 0 Å². The Kier molecular flexibility index (Phi) is 4.55. The molecule has 3 N–H and O–H groups in total. The van der Waals surface area contributed by atoms with Crippen LogP contribution in [0.1, 0.15) is 38.2 Å². The lowest BCUT2D eigenvalue weighted by Gasteiger charge is -2.27. The molecule has 0 aliphatic heterocycles. The van der Waals surface area contributed by atoms with E-state index in [2.05, 4.69) is 10.3 Å². The molecule has 1 aliphatic rings. The molecule has 1 aliphatic carbocycles. The summed E-state index contributed by atoms with van der Waals surface area (Å²) in [5.41, 5.74) is -1.23. The van der Waals surface area contributed by atoms with Gasteiger partial charge in [0.25, 0.3) is 0 Å². The van der Waals surface area contributed by atoms with Crippen molar-refractivity contribution in [2.45, 2.75) is 44.4 Å². The Bertz CT molecular complexity index is 594. The minimum absolute atomic E-state index is 0.321. The summed E-state index contributed by atoms with van der Waals surface area (Å²) in [7, 11) is 0. The van der Waals surface area contributed by atoms with Crippen molar-refractivity contribution in [1.29, 1.82) is 5.41 Å². The molecule has 2 rings (SSSR count). The fraction of sp³-hybridized carbons (Fsp3) is 0.467. The van der Waals surface area contributed by atoms with Crippen molar-refractivity contribution >= 4 is 11.9 Å². The minimum Gasteiger partial charge on any atom is -0.376 e. The number of hydrogen-bond acceptors (Lipinski definition) is 4. The summed E-state index contributed by atoms with van der Waals surface area (Å²) in [6.07, 6.45) is 2.38. The van der Waals surface area contributed by atoms with E-state index >= 15 is 0 Å². The van der Waals surface area contributed by atoms with Crippen molar-refractivity contribution in [1.82, 2.24) is 4.98 Å². The third-order valence-electron chi connectivity index (χ3n) is 3.83. The van der Waals surface area contributed by atoms with Gasteiger partial charge in [0.1, 0.15) is 0 Å². The number of anilines is 1. The molecule has 22 heavy (non-hydrogen) atoms. The first-order valence-corrected chi connectivity index (χ1v) is 7.00. The summed E-state index contributed by atoms with van der Waals surface area (Å²) in [5, 5.41) is 20.1. The van der Waals surface area contributed by atoms with Crippen LogP contribution in [0.5, 0.6) is 0 Å². The smallest absolute Gasteiger partial charge is 0.376 e. The number of aromatic nitrogens is 1. The number of hydrogen-bond donors (Lipinski definition) is 3. The normalized spacial score (nSPS) is 18.8. The molecule has 0 aromatic carbocycles. The van der Waals surface area contributed by atoms with Crippen molar-refractivity contribution in [3.63, 3.8) is 0 Å². The quantitative estimate of drug-likeness (QED) is 0.742. The summed E-state index contributed by atoms with van der Waals surface area (Å²) in [4.78, 5) is 3.78. The number of nitrogens with one attached hydrogen (secondary N) is 2. The minimum atomic E-state index is -4.78. The highest BCUT2D eigenvalue weighted by Crippen LogP contribution is 2.39. The van der Waals surface area contributed by atoms with Crippen LogP contribution >= 0.6 is 0 Å². The predicted molar refractivity (Wildman–Crippen MR) is 77.8 cm³/mol. The third kappa shape index (κ3) is 3.30. The molecule has 0 fully saturated rings. The summed E-state index contributed by atoms with van der Waals surface area (Å²) in [6.45, 7) is 0.705. The third-order valence-corrected chi connectivity index (χ3v) is 3.83. The molecule has 7 heteroatoms. The van der Waals surface area contributed by atoms with Gasteiger partial charge in [-0.3, -0.25) is 4.98 Å². The predicted octanol–water partition coefficient (Wildman–Crippen LogP) is 3.74. The average molecular weight is 313 g/mol. The molecule has 1 aromatic rings. The molecule has 120 valence electrons. The first-order valence-electron chi connectivity index (χ1n) is 7.00. The second-order valence-corrected chi connectivity index (χ2v) is 5.51. The first-order chi connectivity index (χ1) is 10.3. The fourth-order valence-corrected chi connectivity index (χ4v) is 2.34. The van der Waals surface area contributed by atoms with Crippen LogP contribution in [0.15, 0.2) is 29.7 Å². The zero-order valence-electron chi connectivity index (χ0n) is 12.2. The number of rotatable bonds is 4. The molecule has 0 saturated heterocycles. The van der Waals surface area contributed by atoms with E-state index in [1.165, 1.54) is 18.5 Å². The molecule has 1 unspecified atom stereocenters. The Hall–Kier alpha value is -1.89. The molecule has 0 amide bonds. The molecule has 1 atom stereocenters. The molecule has 0 bridgehead atoms. The topological polar surface area (TPSA) is 69.0 Å². The number of alkyl halides is 3. The summed E-state index contributed by atoms with van der Waals surface area (Å²) in [5.74, 6) is 0. The Labute approximate surface area is 126 Å². The van der Waals surface area contributed by atoms with E-state index in [0.717, 1.165) is 43.2 Å². The molecule has 0 radical (unpaired) electrons. The van der Waals surface area contributed by atoms with Gasteiger partial charge in [0.05, 0.1) is 11.9 Å². The number of pyridine rings is 1. The summed E-state index contributed by atoms with van der Waals surface area (Å²) in [6, 6.07) is 1.24. The van der Waals surface area contributed by atoms with E-state index in [1.54, 1.807) is 0 Å². The Morgan fingerprint density at radius 3 is 2.59 bits per heavy atom. The van der Waals surface area contributed by atoms with Gasteiger partial charge < -0.3 is 15.8 Å². The Morgan fingerprint density at radius 2 is 1.95 bits per heavy atom. The van der Waals surface area contributed by atoms with Gasteiger partial charge in [0.15, 0.2) is 5.60 Å². The van der Waals surface area contributed by atoms with Crippen LogP contribution in [-0.4, -0.2) is 22.5 Å². The molecular formula is C15H18F3N3O. The molecule has 1 aromatic heterocycles. The monoisotopic (exact) mass is 313 g/mol. The number of halogens is 3. The Balaban J connectivity index is 2.30. The highest BCUT2D eigenvalue weighted by atomic mass is 19.4. The van der Waals surface area contributed by atoms with Crippen molar-refractivity contribution in [2.75, 3.05) is 5.32 Å². The van der Waals surface area contributed by atoms with Gasteiger partial charge in [-0.05, 0) is 44.2 Å². The fourth-order valence-electron chi connectivity index (χ4n) is 2.34. The summed E-state index contributed by atoms with van der Waals surface area (Å²) >= 11 is 0. The highest BCUT2D eigenvalue weighted by Gasteiger charge is 2.51. The lowest BCUT2D eigenvalue weighted by molar-refractivity contribution is -0.258. The molecule has 4 nitrogen and oxygen atoms in total. The van der Waals surface area contributed by atoms with E-state index in [0.29, 0.717) is 12.6 Å². The van der Waals surface area contributed by atoms with Gasteiger partial charge in [-0.25, -0.2) is 0 Å². The van der Waals surface area contributed by atoms with Gasteiger partial charge in [-0.1, -0.05) is 0 Å². The average Bonchev–Trinajstić information content (AvgIpc) is 2.47. The van der Waals surface area contributed by atoms with Crippen LogP contribution in [0.2, 0.25) is 0 Å². The van der Waals surface area contributed by atoms with Gasteiger partial charge in [0, 0.05) is 23.7 Å². The van der Waals surface area contributed by atoms with Crippen molar-refractivity contribution in [2.24, 2.45) is 0 Å². The highest BCUT2D eigenvalue weighted by molar-refractivity contribution is 5.78. The van der Waals surface area contributed by atoms with Crippen LogP contribution in [0.4, 0.5) is 18.9 Å². The molecule has 1 heterocycles. The second kappa shape index (κ2) is 6.08. The van der Waals surface area contributed by atoms with Crippen LogP contribution in [0, 0.1) is 5.41 Å². The second-order valence-electron chi connectivity index (χ2n) is 5.51. The van der Waals surface area contributed by atoms with Crippen LogP contribution in [-0.2, 0) is 5.60 Å². The maximum atomic E-state index is 12.9. The first kappa shape index (κ1) is 16.5. The van der Waals surface area contributed by atoms with E-state index in [1.807, 2.05) is 0 Å². The van der Waals surface area contributed by atoms with E-state index in [4.69, 9.17) is 5.41 Å². The largest absolute Gasteiger partial charge is 0.421 e.